The molecule has 3 heteroatoms. The fourth-order valence-corrected chi connectivity index (χ4v) is 4.25. The molecule has 0 aromatic rings. The zero-order valence-corrected chi connectivity index (χ0v) is 12.4. The second-order valence-corrected chi connectivity index (χ2v) is 5.58. The van der Waals surface area contributed by atoms with E-state index in [-0.39, 0.29) is 35.6 Å². The van der Waals surface area contributed by atoms with E-state index in [0.717, 1.165) is 25.7 Å². The lowest BCUT2D eigenvalue weighted by Crippen LogP contribution is -2.38. The maximum atomic E-state index is 12.0. The van der Waals surface area contributed by atoms with E-state index in [4.69, 9.17) is 4.74 Å². The largest absolute Gasteiger partial charge is 0.393 e. The van der Waals surface area contributed by atoms with Crippen molar-refractivity contribution >= 4 is 11.9 Å². The number of carbonyl (C=O) groups is 2. The van der Waals surface area contributed by atoms with Crippen molar-refractivity contribution in [1.29, 1.82) is 0 Å². The van der Waals surface area contributed by atoms with Crippen molar-refractivity contribution in [1.82, 2.24) is 0 Å². The number of hydrogen-bond acceptors (Lipinski definition) is 3. The highest BCUT2D eigenvalue weighted by Crippen LogP contribution is 2.50. The maximum absolute atomic E-state index is 12.0. The molecule has 4 unspecified atom stereocenters. The van der Waals surface area contributed by atoms with Crippen LogP contribution in [-0.2, 0) is 14.3 Å². The number of esters is 2. The average molecular weight is 264 g/mol. The predicted molar refractivity (Wildman–Crippen MR) is 73.2 cm³/mol. The summed E-state index contributed by atoms with van der Waals surface area (Å²) >= 11 is 0. The van der Waals surface area contributed by atoms with Crippen molar-refractivity contribution in [3.05, 3.63) is 11.1 Å². The summed E-state index contributed by atoms with van der Waals surface area (Å²) in [4.78, 5) is 24.1. The number of rotatable bonds is 4. The van der Waals surface area contributed by atoms with Crippen LogP contribution in [0.5, 0.6) is 0 Å². The molecule has 2 aliphatic rings. The Morgan fingerprint density at radius 3 is 1.42 bits per heavy atom. The SMILES string of the molecule is CCC1=C(CC)C(CC)C2C(=O)OC(=O)C2C1CC. The lowest BCUT2D eigenvalue weighted by molar-refractivity contribution is -0.154. The molecule has 1 aliphatic carbocycles. The summed E-state index contributed by atoms with van der Waals surface area (Å²) in [6.07, 6.45) is 3.77. The van der Waals surface area contributed by atoms with Crippen LogP contribution < -0.4 is 0 Å². The van der Waals surface area contributed by atoms with E-state index >= 15 is 0 Å². The zero-order chi connectivity index (χ0) is 14.2. The standard InChI is InChI=1S/C16H24O3/c1-5-9-10(6-2)12(8-4)14-13(11(9)7-3)15(17)19-16(14)18/h11-14H,5-8H2,1-4H3. The number of ether oxygens (including phenoxy) is 1. The van der Waals surface area contributed by atoms with E-state index < -0.39 is 0 Å². The maximum Gasteiger partial charge on any atom is 0.318 e. The van der Waals surface area contributed by atoms with Crippen LogP contribution in [0, 0.1) is 23.7 Å². The van der Waals surface area contributed by atoms with Crippen LogP contribution in [0.15, 0.2) is 11.1 Å². The van der Waals surface area contributed by atoms with Gasteiger partial charge in [0, 0.05) is 0 Å². The van der Waals surface area contributed by atoms with Gasteiger partial charge in [-0.15, -0.1) is 0 Å². The van der Waals surface area contributed by atoms with Crippen LogP contribution in [0.2, 0.25) is 0 Å². The van der Waals surface area contributed by atoms with Crippen LogP contribution in [0.4, 0.5) is 0 Å². The number of hydrogen-bond donors (Lipinski definition) is 0. The average Bonchev–Trinajstić information content (AvgIpc) is 2.71. The van der Waals surface area contributed by atoms with Gasteiger partial charge in [-0.05, 0) is 37.5 Å². The summed E-state index contributed by atoms with van der Waals surface area (Å²) < 4.78 is 4.95. The van der Waals surface area contributed by atoms with E-state index in [0.29, 0.717) is 0 Å². The molecule has 0 amide bonds. The van der Waals surface area contributed by atoms with Gasteiger partial charge >= 0.3 is 11.9 Å². The summed E-state index contributed by atoms with van der Waals surface area (Å²) in [5.41, 5.74) is 2.81. The van der Waals surface area contributed by atoms with E-state index in [1.165, 1.54) is 11.1 Å². The molecular formula is C16H24O3. The summed E-state index contributed by atoms with van der Waals surface area (Å²) in [7, 11) is 0. The first-order valence-electron chi connectivity index (χ1n) is 7.57. The third-order valence-electron chi connectivity index (χ3n) is 4.95. The first-order chi connectivity index (χ1) is 9.10. The van der Waals surface area contributed by atoms with E-state index in [1.807, 2.05) is 0 Å². The molecule has 3 nitrogen and oxygen atoms in total. The number of fused-ring (bicyclic) bond motifs is 1. The molecule has 106 valence electrons. The molecule has 0 N–H and O–H groups in total. The molecule has 1 heterocycles. The molecule has 0 saturated carbocycles. The normalized spacial score (nSPS) is 34.5. The fourth-order valence-electron chi connectivity index (χ4n) is 4.25. The summed E-state index contributed by atoms with van der Waals surface area (Å²) in [6.45, 7) is 8.52. The summed E-state index contributed by atoms with van der Waals surface area (Å²) in [5, 5.41) is 0. The van der Waals surface area contributed by atoms with Crippen molar-refractivity contribution in [3.8, 4) is 0 Å². The number of allylic oxidation sites excluding steroid dienone is 2. The zero-order valence-electron chi connectivity index (χ0n) is 12.4. The van der Waals surface area contributed by atoms with Gasteiger partial charge in [-0.3, -0.25) is 9.59 Å². The lowest BCUT2D eigenvalue weighted by Gasteiger charge is -2.39. The second-order valence-electron chi connectivity index (χ2n) is 5.58. The third kappa shape index (κ3) is 2.03. The molecule has 0 radical (unpaired) electrons. The van der Waals surface area contributed by atoms with E-state index in [2.05, 4.69) is 27.7 Å². The van der Waals surface area contributed by atoms with Crippen LogP contribution in [-0.4, -0.2) is 11.9 Å². The van der Waals surface area contributed by atoms with Gasteiger partial charge in [-0.1, -0.05) is 38.8 Å². The number of cyclic esters (lactones) is 2. The van der Waals surface area contributed by atoms with Crippen molar-refractivity contribution in [3.63, 3.8) is 0 Å². The Bertz CT molecular complexity index is 384. The molecule has 1 fully saturated rings. The van der Waals surface area contributed by atoms with Gasteiger partial charge < -0.3 is 4.74 Å². The molecule has 4 atom stereocenters. The first kappa shape index (κ1) is 14.3. The Balaban J connectivity index is 2.55. The monoisotopic (exact) mass is 264 g/mol. The quantitative estimate of drug-likeness (QED) is 0.443. The van der Waals surface area contributed by atoms with E-state index in [1.54, 1.807) is 0 Å². The van der Waals surface area contributed by atoms with Gasteiger partial charge in [0.05, 0.1) is 11.8 Å². The van der Waals surface area contributed by atoms with Gasteiger partial charge in [-0.2, -0.15) is 0 Å². The van der Waals surface area contributed by atoms with Gasteiger partial charge in [0.25, 0.3) is 0 Å². The van der Waals surface area contributed by atoms with Crippen molar-refractivity contribution in [2.24, 2.45) is 23.7 Å². The first-order valence-corrected chi connectivity index (χ1v) is 7.57. The highest BCUT2D eigenvalue weighted by atomic mass is 16.6. The van der Waals surface area contributed by atoms with Crippen LogP contribution in [0.1, 0.15) is 53.4 Å². The number of carbonyl (C=O) groups excluding carboxylic acids is 2. The Morgan fingerprint density at radius 2 is 1.16 bits per heavy atom. The minimum Gasteiger partial charge on any atom is -0.393 e. The predicted octanol–water partition coefficient (Wildman–Crippen LogP) is 3.48. The van der Waals surface area contributed by atoms with Crippen molar-refractivity contribution in [2.45, 2.75) is 53.4 Å². The Morgan fingerprint density at radius 1 is 0.789 bits per heavy atom. The highest BCUT2D eigenvalue weighted by molar-refractivity contribution is 5.97. The lowest BCUT2D eigenvalue weighted by atomic mass is 9.62. The molecule has 0 bridgehead atoms. The summed E-state index contributed by atoms with van der Waals surface area (Å²) in [5.74, 6) is -0.637. The van der Waals surface area contributed by atoms with Crippen LogP contribution in [0.3, 0.4) is 0 Å². The fraction of sp³-hybridized carbons (Fsp3) is 0.750. The molecule has 2 rings (SSSR count). The Labute approximate surface area is 115 Å². The molecule has 19 heavy (non-hydrogen) atoms. The Hall–Kier alpha value is -1.12. The third-order valence-corrected chi connectivity index (χ3v) is 4.95. The van der Waals surface area contributed by atoms with Gasteiger partial charge in [-0.25, -0.2) is 0 Å². The smallest absolute Gasteiger partial charge is 0.318 e. The van der Waals surface area contributed by atoms with Crippen LogP contribution in [0.25, 0.3) is 0 Å². The summed E-state index contributed by atoms with van der Waals surface area (Å²) in [6, 6.07) is 0. The minimum atomic E-state index is -0.290. The minimum absolute atomic E-state index is 0.201. The molecule has 0 aromatic carbocycles. The second kappa shape index (κ2) is 5.48. The highest BCUT2D eigenvalue weighted by Gasteiger charge is 2.54. The van der Waals surface area contributed by atoms with Crippen molar-refractivity contribution in [2.75, 3.05) is 0 Å². The van der Waals surface area contributed by atoms with Gasteiger partial charge in [0.15, 0.2) is 0 Å². The molecular weight excluding hydrogens is 240 g/mol. The van der Waals surface area contributed by atoms with E-state index in [9.17, 15) is 9.59 Å². The topological polar surface area (TPSA) is 43.4 Å². The van der Waals surface area contributed by atoms with Crippen molar-refractivity contribution < 1.29 is 14.3 Å². The molecule has 0 aromatic heterocycles. The Kier molecular flexibility index (Phi) is 4.12. The van der Waals surface area contributed by atoms with Crippen LogP contribution >= 0.6 is 0 Å². The van der Waals surface area contributed by atoms with Gasteiger partial charge in [0.1, 0.15) is 0 Å². The molecule has 1 saturated heterocycles. The van der Waals surface area contributed by atoms with Gasteiger partial charge in [0.2, 0.25) is 0 Å². The molecule has 1 aliphatic heterocycles. The molecule has 0 spiro atoms.